The van der Waals surface area contributed by atoms with Gasteiger partial charge in [-0.1, -0.05) is 24.3 Å². The quantitative estimate of drug-likeness (QED) is 0.763. The topological polar surface area (TPSA) is 75.0 Å². The Balaban J connectivity index is 1.81. The van der Waals surface area contributed by atoms with Crippen LogP contribution in [0.15, 0.2) is 42.5 Å². The van der Waals surface area contributed by atoms with Crippen molar-refractivity contribution in [1.82, 2.24) is 9.97 Å². The molecular formula is C18H18N4O. The zero-order chi connectivity index (χ0) is 16.0. The third-order valence-corrected chi connectivity index (χ3v) is 4.39. The van der Waals surface area contributed by atoms with E-state index < -0.39 is 0 Å². The first-order valence-corrected chi connectivity index (χ1v) is 7.73. The number of aryl methyl sites for hydroxylation is 1. The fraction of sp³-hybridized carbons (Fsp3) is 0.222. The number of aromatic amines is 1. The number of nitrogens with one attached hydrogen (secondary N) is 1. The number of hydrogen-bond donors (Lipinski definition) is 2. The van der Waals surface area contributed by atoms with E-state index in [-0.39, 0.29) is 18.5 Å². The number of nitrogens with zero attached hydrogens (tertiary/aromatic N) is 2. The number of imidazole rings is 1. The van der Waals surface area contributed by atoms with Crippen LogP contribution < -0.4 is 10.6 Å². The zero-order valence-corrected chi connectivity index (χ0v) is 12.9. The van der Waals surface area contributed by atoms with Gasteiger partial charge in [0.05, 0.1) is 23.6 Å². The molecule has 1 aromatic heterocycles. The van der Waals surface area contributed by atoms with Gasteiger partial charge in [-0.25, -0.2) is 4.98 Å². The lowest BCUT2D eigenvalue weighted by Gasteiger charge is -2.23. The van der Waals surface area contributed by atoms with Crippen LogP contribution >= 0.6 is 0 Å². The maximum Gasteiger partial charge on any atom is 0.241 e. The first kappa shape index (κ1) is 14.0. The molecule has 0 spiro atoms. The van der Waals surface area contributed by atoms with E-state index in [9.17, 15) is 4.79 Å². The number of H-pyrrole nitrogens is 1. The van der Waals surface area contributed by atoms with Gasteiger partial charge in [-0.15, -0.1) is 0 Å². The van der Waals surface area contributed by atoms with Gasteiger partial charge in [-0.05, 0) is 36.2 Å². The van der Waals surface area contributed by atoms with Crippen molar-refractivity contribution in [3.63, 3.8) is 0 Å². The van der Waals surface area contributed by atoms with Crippen molar-refractivity contribution in [1.29, 1.82) is 0 Å². The smallest absolute Gasteiger partial charge is 0.241 e. The van der Waals surface area contributed by atoms with Gasteiger partial charge in [0.25, 0.3) is 0 Å². The van der Waals surface area contributed by atoms with Gasteiger partial charge in [0.15, 0.2) is 0 Å². The average molecular weight is 306 g/mol. The van der Waals surface area contributed by atoms with Crippen LogP contribution in [-0.4, -0.2) is 22.4 Å². The molecule has 5 nitrogen and oxygen atoms in total. The van der Waals surface area contributed by atoms with E-state index in [1.54, 1.807) is 4.90 Å². The summed E-state index contributed by atoms with van der Waals surface area (Å²) in [6, 6.07) is 13.9. The predicted molar refractivity (Wildman–Crippen MR) is 90.3 cm³/mol. The summed E-state index contributed by atoms with van der Waals surface area (Å²) in [6.45, 7) is 2.04. The van der Waals surface area contributed by atoms with E-state index in [2.05, 4.69) is 24.0 Å². The number of fused-ring (bicyclic) bond motifs is 2. The molecular weight excluding hydrogens is 288 g/mol. The summed E-state index contributed by atoms with van der Waals surface area (Å²) in [6.07, 6.45) is 0.751. The van der Waals surface area contributed by atoms with E-state index in [1.807, 2.05) is 30.3 Å². The lowest BCUT2D eigenvalue weighted by molar-refractivity contribution is -0.117. The molecule has 23 heavy (non-hydrogen) atoms. The number of para-hydroxylation sites is 1. The minimum absolute atomic E-state index is 0.00975. The van der Waals surface area contributed by atoms with Gasteiger partial charge in [0.1, 0.15) is 5.82 Å². The highest BCUT2D eigenvalue weighted by Crippen LogP contribution is 2.39. The molecule has 2 heterocycles. The molecule has 1 aliphatic heterocycles. The fourth-order valence-electron chi connectivity index (χ4n) is 3.31. The molecule has 2 aromatic carbocycles. The van der Waals surface area contributed by atoms with Crippen molar-refractivity contribution in [2.45, 2.75) is 19.4 Å². The number of carbonyl (C=O) groups is 1. The summed E-state index contributed by atoms with van der Waals surface area (Å²) in [7, 11) is 0. The van der Waals surface area contributed by atoms with Crippen LogP contribution in [0.4, 0.5) is 5.69 Å². The van der Waals surface area contributed by atoms with Crippen molar-refractivity contribution in [3.05, 3.63) is 59.4 Å². The van der Waals surface area contributed by atoms with E-state index in [0.29, 0.717) is 0 Å². The first-order valence-electron chi connectivity index (χ1n) is 7.73. The summed E-state index contributed by atoms with van der Waals surface area (Å²) in [5, 5.41) is 0. The Labute approximate surface area is 134 Å². The minimum atomic E-state index is -0.129. The molecule has 0 fully saturated rings. The summed E-state index contributed by atoms with van der Waals surface area (Å²) >= 11 is 0. The van der Waals surface area contributed by atoms with E-state index in [1.165, 1.54) is 5.56 Å². The lowest BCUT2D eigenvalue weighted by Crippen LogP contribution is -2.37. The average Bonchev–Trinajstić information content (AvgIpc) is 3.14. The van der Waals surface area contributed by atoms with E-state index in [4.69, 9.17) is 10.7 Å². The molecule has 1 aliphatic rings. The van der Waals surface area contributed by atoms with Gasteiger partial charge in [0, 0.05) is 12.1 Å². The van der Waals surface area contributed by atoms with Crippen LogP contribution in [0.1, 0.15) is 23.0 Å². The van der Waals surface area contributed by atoms with Crippen LogP contribution in [0.3, 0.4) is 0 Å². The fourth-order valence-corrected chi connectivity index (χ4v) is 3.31. The zero-order valence-electron chi connectivity index (χ0n) is 12.9. The van der Waals surface area contributed by atoms with E-state index in [0.717, 1.165) is 34.5 Å². The Morgan fingerprint density at radius 1 is 1.35 bits per heavy atom. The second kappa shape index (κ2) is 5.21. The molecule has 1 unspecified atom stereocenters. The molecule has 3 aromatic rings. The molecule has 1 atom stereocenters. The Bertz CT molecular complexity index is 899. The molecule has 0 aliphatic carbocycles. The van der Waals surface area contributed by atoms with Crippen LogP contribution in [0.5, 0.6) is 0 Å². The summed E-state index contributed by atoms with van der Waals surface area (Å²) in [5.74, 6) is 0.722. The van der Waals surface area contributed by atoms with E-state index >= 15 is 0 Å². The highest BCUT2D eigenvalue weighted by molar-refractivity contribution is 5.97. The van der Waals surface area contributed by atoms with Crippen LogP contribution in [0.2, 0.25) is 0 Å². The molecule has 3 N–H and O–H groups in total. The second-order valence-corrected chi connectivity index (χ2v) is 5.96. The minimum Gasteiger partial charge on any atom is -0.340 e. The Kier molecular flexibility index (Phi) is 3.16. The molecule has 1 amide bonds. The van der Waals surface area contributed by atoms with Crippen LogP contribution in [-0.2, 0) is 11.2 Å². The van der Waals surface area contributed by atoms with Crippen molar-refractivity contribution in [2.75, 3.05) is 11.4 Å². The number of rotatable bonds is 2. The summed E-state index contributed by atoms with van der Waals surface area (Å²) in [5.41, 5.74) is 10.8. The normalized spacial score (nSPS) is 16.8. The Morgan fingerprint density at radius 2 is 2.17 bits per heavy atom. The number of nitrogens with two attached hydrogens (primary N) is 1. The Hall–Kier alpha value is -2.66. The van der Waals surface area contributed by atoms with Gasteiger partial charge >= 0.3 is 0 Å². The van der Waals surface area contributed by atoms with Crippen LogP contribution in [0.25, 0.3) is 11.0 Å². The highest BCUT2D eigenvalue weighted by atomic mass is 16.2. The molecule has 116 valence electrons. The number of anilines is 1. The van der Waals surface area contributed by atoms with Gasteiger partial charge in [0.2, 0.25) is 5.91 Å². The van der Waals surface area contributed by atoms with Crippen molar-refractivity contribution < 1.29 is 4.79 Å². The van der Waals surface area contributed by atoms with Gasteiger partial charge in [-0.3, -0.25) is 4.79 Å². The largest absolute Gasteiger partial charge is 0.340 e. The first-order chi connectivity index (χ1) is 11.2. The highest BCUT2D eigenvalue weighted by Gasteiger charge is 2.35. The third-order valence-electron chi connectivity index (χ3n) is 4.39. The number of aromatic nitrogens is 2. The third kappa shape index (κ3) is 2.21. The lowest BCUT2D eigenvalue weighted by atomic mass is 10.1. The van der Waals surface area contributed by atoms with Crippen molar-refractivity contribution >= 4 is 22.6 Å². The predicted octanol–water partition coefficient (Wildman–Crippen LogP) is 2.46. The number of benzene rings is 2. The van der Waals surface area contributed by atoms with Crippen molar-refractivity contribution in [2.24, 2.45) is 5.73 Å². The second-order valence-electron chi connectivity index (χ2n) is 5.96. The molecule has 5 heteroatoms. The summed E-state index contributed by atoms with van der Waals surface area (Å²) in [4.78, 5) is 22.2. The number of carbonyl (C=O) groups excluding carboxylic acids is 1. The van der Waals surface area contributed by atoms with Gasteiger partial charge < -0.3 is 15.6 Å². The molecule has 0 radical (unpaired) electrons. The monoisotopic (exact) mass is 306 g/mol. The molecule has 4 rings (SSSR count). The molecule has 0 saturated heterocycles. The van der Waals surface area contributed by atoms with Crippen molar-refractivity contribution in [3.8, 4) is 0 Å². The maximum atomic E-state index is 12.4. The van der Waals surface area contributed by atoms with Crippen LogP contribution in [0, 0.1) is 6.92 Å². The maximum absolute atomic E-state index is 12.4. The summed E-state index contributed by atoms with van der Waals surface area (Å²) < 4.78 is 0. The SMILES string of the molecule is Cc1ccc2nc(C3Cc4ccccc4N3C(=O)CN)[nH]c2c1. The number of hydrogen-bond acceptors (Lipinski definition) is 3. The molecule has 0 saturated carbocycles. The standard InChI is InChI=1S/C18H18N4O/c1-11-6-7-13-14(8-11)21-18(20-13)16-9-12-4-2-3-5-15(12)22(16)17(23)10-19/h2-8,16H,9-10,19H2,1H3,(H,20,21). The Morgan fingerprint density at radius 3 is 3.00 bits per heavy atom. The van der Waals surface area contributed by atoms with Gasteiger partial charge in [-0.2, -0.15) is 0 Å². The molecule has 0 bridgehead atoms. The number of amides is 1.